The maximum Gasteiger partial charge on any atom is 0.161 e. The summed E-state index contributed by atoms with van der Waals surface area (Å²) in [5.74, 6) is 0.702. The number of fused-ring (bicyclic) bond motifs is 7. The molecule has 0 fully saturated rings. The molecule has 8 aromatic carbocycles. The number of nitrogens with zero attached hydrogens (tertiary/aromatic N) is 2. The lowest BCUT2D eigenvalue weighted by Gasteiger charge is -2.31. The Morgan fingerprint density at radius 3 is 1.39 bits per heavy atom. The minimum Gasteiger partial charge on any atom is -0.228 e. The predicted octanol–water partition coefficient (Wildman–Crippen LogP) is 14.5. The molecule has 10 rings (SSSR count). The van der Waals surface area contributed by atoms with E-state index in [1.165, 1.54) is 44.5 Å². The van der Waals surface area contributed by atoms with Crippen molar-refractivity contribution < 1.29 is 0 Å². The van der Waals surface area contributed by atoms with E-state index in [-0.39, 0.29) is 5.41 Å². The van der Waals surface area contributed by atoms with Crippen LogP contribution in [-0.2, 0) is 5.41 Å². The molecular formula is C55H40N2. The summed E-state index contributed by atoms with van der Waals surface area (Å²) in [6.07, 6.45) is 0. The van der Waals surface area contributed by atoms with Crippen LogP contribution in [-0.4, -0.2) is 9.97 Å². The highest BCUT2D eigenvalue weighted by Gasteiger charge is 2.32. The topological polar surface area (TPSA) is 25.8 Å². The van der Waals surface area contributed by atoms with Gasteiger partial charge in [-0.05, 0) is 85.0 Å². The van der Waals surface area contributed by atoms with Gasteiger partial charge in [0.15, 0.2) is 5.82 Å². The van der Waals surface area contributed by atoms with Gasteiger partial charge in [-0.2, -0.15) is 0 Å². The third-order valence-electron chi connectivity index (χ3n) is 11.6. The second-order valence-corrected chi connectivity index (χ2v) is 15.3. The standard InChI is InChI=1S/C55H40N2/c1-55(2)50-31-16-15-29-47(50)45-27-12-10-25-43(45)44-26-11-13-28-46(44)49-35-40(32-33-51(49)55)39-22-17-23-41(34-39)53-36-52(38-20-7-4-8-21-38)56-54(57-53)48-30-14-9-24-42(48)37-18-5-3-6-19-37/h3-36H,1-2H3. The van der Waals surface area contributed by atoms with Crippen molar-refractivity contribution in [2.75, 3.05) is 0 Å². The number of hydrogen-bond donors (Lipinski definition) is 0. The van der Waals surface area contributed by atoms with Gasteiger partial charge in [0, 0.05) is 22.1 Å². The Labute approximate surface area is 334 Å². The van der Waals surface area contributed by atoms with Crippen molar-refractivity contribution in [3.63, 3.8) is 0 Å². The van der Waals surface area contributed by atoms with Crippen LogP contribution in [0.25, 0.3) is 89.5 Å². The minimum atomic E-state index is -0.266. The van der Waals surface area contributed by atoms with Crippen LogP contribution in [0, 0.1) is 0 Å². The molecule has 0 saturated carbocycles. The summed E-state index contributed by atoms with van der Waals surface area (Å²) in [6.45, 7) is 4.74. The van der Waals surface area contributed by atoms with Gasteiger partial charge >= 0.3 is 0 Å². The first-order chi connectivity index (χ1) is 28.0. The van der Waals surface area contributed by atoms with Crippen molar-refractivity contribution in [1.82, 2.24) is 9.97 Å². The molecule has 1 aliphatic rings. The molecule has 0 spiro atoms. The fraction of sp³-hybridized carbons (Fsp3) is 0.0545. The molecule has 2 nitrogen and oxygen atoms in total. The Kier molecular flexibility index (Phi) is 8.53. The summed E-state index contributed by atoms with van der Waals surface area (Å²) in [5, 5.41) is 0. The van der Waals surface area contributed by atoms with Crippen LogP contribution in [0.3, 0.4) is 0 Å². The molecule has 270 valence electrons. The molecule has 0 unspecified atom stereocenters. The van der Waals surface area contributed by atoms with Crippen LogP contribution in [0.4, 0.5) is 0 Å². The lowest BCUT2D eigenvalue weighted by molar-refractivity contribution is 0.645. The Balaban J connectivity index is 1.14. The van der Waals surface area contributed by atoms with Gasteiger partial charge in [-0.1, -0.05) is 202 Å². The summed E-state index contributed by atoms with van der Waals surface area (Å²) in [6, 6.07) is 74.0. The fourth-order valence-electron chi connectivity index (χ4n) is 8.68. The van der Waals surface area contributed by atoms with Crippen LogP contribution in [0.15, 0.2) is 206 Å². The van der Waals surface area contributed by atoms with E-state index in [2.05, 4.69) is 208 Å². The fourth-order valence-corrected chi connectivity index (χ4v) is 8.68. The van der Waals surface area contributed by atoms with Crippen molar-refractivity contribution in [2.24, 2.45) is 0 Å². The summed E-state index contributed by atoms with van der Waals surface area (Å²) < 4.78 is 0. The molecule has 9 aromatic rings. The smallest absolute Gasteiger partial charge is 0.161 e. The highest BCUT2D eigenvalue weighted by Crippen LogP contribution is 2.49. The summed E-state index contributed by atoms with van der Waals surface area (Å²) >= 11 is 0. The van der Waals surface area contributed by atoms with E-state index in [0.717, 1.165) is 50.3 Å². The molecular weight excluding hydrogens is 689 g/mol. The Morgan fingerprint density at radius 2 is 0.719 bits per heavy atom. The van der Waals surface area contributed by atoms with Crippen LogP contribution < -0.4 is 0 Å². The van der Waals surface area contributed by atoms with Crippen molar-refractivity contribution >= 4 is 0 Å². The highest BCUT2D eigenvalue weighted by molar-refractivity contribution is 5.96. The first-order valence-electron chi connectivity index (χ1n) is 19.7. The second kappa shape index (κ2) is 14.2. The molecule has 0 amide bonds. The van der Waals surface area contributed by atoms with Crippen LogP contribution >= 0.6 is 0 Å². The van der Waals surface area contributed by atoms with E-state index in [1.807, 2.05) is 12.1 Å². The van der Waals surface area contributed by atoms with E-state index in [1.54, 1.807) is 0 Å². The number of hydrogen-bond acceptors (Lipinski definition) is 2. The van der Waals surface area contributed by atoms with E-state index in [0.29, 0.717) is 5.82 Å². The molecule has 0 aliphatic heterocycles. The zero-order chi connectivity index (χ0) is 38.3. The van der Waals surface area contributed by atoms with Gasteiger partial charge in [0.2, 0.25) is 0 Å². The van der Waals surface area contributed by atoms with Gasteiger partial charge in [-0.15, -0.1) is 0 Å². The molecule has 0 radical (unpaired) electrons. The van der Waals surface area contributed by atoms with Crippen LogP contribution in [0.2, 0.25) is 0 Å². The molecule has 0 saturated heterocycles. The first-order valence-corrected chi connectivity index (χ1v) is 19.7. The first kappa shape index (κ1) is 34.3. The summed E-state index contributed by atoms with van der Waals surface area (Å²) in [4.78, 5) is 10.5. The molecule has 1 heterocycles. The maximum atomic E-state index is 5.30. The minimum absolute atomic E-state index is 0.266. The van der Waals surface area contributed by atoms with E-state index in [9.17, 15) is 0 Å². The predicted molar refractivity (Wildman–Crippen MR) is 238 cm³/mol. The van der Waals surface area contributed by atoms with Crippen LogP contribution in [0.5, 0.6) is 0 Å². The molecule has 1 aliphatic carbocycles. The third-order valence-corrected chi connectivity index (χ3v) is 11.6. The lowest BCUT2D eigenvalue weighted by atomic mass is 9.72. The van der Waals surface area contributed by atoms with E-state index >= 15 is 0 Å². The number of rotatable bonds is 5. The van der Waals surface area contributed by atoms with Gasteiger partial charge in [0.25, 0.3) is 0 Å². The molecule has 1 aromatic heterocycles. The maximum absolute atomic E-state index is 5.30. The zero-order valence-corrected chi connectivity index (χ0v) is 32.0. The lowest BCUT2D eigenvalue weighted by Crippen LogP contribution is -2.21. The van der Waals surface area contributed by atoms with Gasteiger partial charge < -0.3 is 0 Å². The van der Waals surface area contributed by atoms with Crippen molar-refractivity contribution in [1.29, 1.82) is 0 Å². The van der Waals surface area contributed by atoms with Gasteiger partial charge in [-0.3, -0.25) is 0 Å². The number of aromatic nitrogens is 2. The molecule has 57 heavy (non-hydrogen) atoms. The van der Waals surface area contributed by atoms with Crippen molar-refractivity contribution in [3.8, 4) is 89.5 Å². The average molecular weight is 729 g/mol. The quantitative estimate of drug-likeness (QED) is 0.176. The zero-order valence-electron chi connectivity index (χ0n) is 32.0. The monoisotopic (exact) mass is 728 g/mol. The SMILES string of the molecule is CC1(C)c2ccccc2-c2ccccc2-c2ccccc2-c2cc(-c3cccc(-c4cc(-c5ccccc5)nc(-c5ccccc5-c5ccccc5)n4)c3)ccc21. The molecule has 0 bridgehead atoms. The normalized spacial score (nSPS) is 12.5. The summed E-state index contributed by atoms with van der Waals surface area (Å²) in [7, 11) is 0. The van der Waals surface area contributed by atoms with Crippen molar-refractivity contribution in [2.45, 2.75) is 19.3 Å². The second-order valence-electron chi connectivity index (χ2n) is 15.3. The van der Waals surface area contributed by atoms with Gasteiger partial charge in [-0.25, -0.2) is 9.97 Å². The highest BCUT2D eigenvalue weighted by atomic mass is 14.9. The average Bonchev–Trinajstić information content (AvgIpc) is 3.31. The Bertz CT molecular complexity index is 2920. The Morgan fingerprint density at radius 1 is 0.281 bits per heavy atom. The van der Waals surface area contributed by atoms with Gasteiger partial charge in [0.1, 0.15) is 0 Å². The van der Waals surface area contributed by atoms with E-state index in [4.69, 9.17) is 9.97 Å². The Hall–Kier alpha value is -7.16. The molecule has 0 N–H and O–H groups in total. The van der Waals surface area contributed by atoms with Gasteiger partial charge in [0.05, 0.1) is 11.4 Å². The molecule has 2 heteroatoms. The van der Waals surface area contributed by atoms with Crippen LogP contribution in [0.1, 0.15) is 25.0 Å². The third kappa shape index (κ3) is 6.16. The largest absolute Gasteiger partial charge is 0.228 e. The summed E-state index contributed by atoms with van der Waals surface area (Å²) in [5.41, 5.74) is 19.3. The van der Waals surface area contributed by atoms with Crippen molar-refractivity contribution in [3.05, 3.63) is 217 Å². The number of benzene rings is 8. The van der Waals surface area contributed by atoms with E-state index < -0.39 is 0 Å². The molecule has 0 atom stereocenters.